The molecule has 2 heterocycles. The van der Waals surface area contributed by atoms with Gasteiger partial charge in [0.2, 0.25) is 0 Å². The summed E-state index contributed by atoms with van der Waals surface area (Å²) in [6.45, 7) is 4.49. The molecular weight excluding hydrogens is 545 g/mol. The number of thiophene rings is 2. The number of aryl methyl sites for hydroxylation is 2. The third-order valence-electron chi connectivity index (χ3n) is 8.77. The van der Waals surface area contributed by atoms with E-state index in [1.54, 1.807) is 0 Å². The molecule has 198 valence electrons. The summed E-state index contributed by atoms with van der Waals surface area (Å²) in [4.78, 5) is 2.70. The Hall–Kier alpha value is -4.50. The summed E-state index contributed by atoms with van der Waals surface area (Å²) in [7, 11) is 0. The van der Waals surface area contributed by atoms with Gasteiger partial charge in [-0.15, -0.1) is 22.7 Å². The summed E-state index contributed by atoms with van der Waals surface area (Å²) in [5.74, 6) is 0. The molecule has 0 bridgehead atoms. The van der Waals surface area contributed by atoms with Gasteiger partial charge in [0.05, 0.1) is 0 Å². The zero-order chi connectivity index (χ0) is 27.9. The highest BCUT2D eigenvalue weighted by Crippen LogP contribution is 2.50. The first-order valence-electron chi connectivity index (χ1n) is 14.4. The van der Waals surface area contributed by atoms with Gasteiger partial charge in [0.15, 0.2) is 0 Å². The number of benzene rings is 7. The molecule has 0 unspecified atom stereocenters. The van der Waals surface area contributed by atoms with Crippen molar-refractivity contribution in [2.45, 2.75) is 13.8 Å². The van der Waals surface area contributed by atoms with Gasteiger partial charge in [-0.25, -0.2) is 0 Å². The average Bonchev–Trinajstić information content (AvgIpc) is 3.60. The SMILES string of the molecule is Cc1cc2c(-c3ccc4c(ccc5ccccc54)c3)c3sc(C)cc3c(-c3ccc4c(ccc5ccccc54)c3)c2s1. The highest BCUT2D eigenvalue weighted by atomic mass is 32.1. The van der Waals surface area contributed by atoms with Gasteiger partial charge in [-0.3, -0.25) is 0 Å². The first kappa shape index (κ1) is 24.1. The van der Waals surface area contributed by atoms with Gasteiger partial charge in [-0.2, -0.15) is 0 Å². The Balaban J connectivity index is 1.33. The summed E-state index contributed by atoms with van der Waals surface area (Å²) in [6, 6.07) is 45.4. The normalized spacial score (nSPS) is 12.0. The van der Waals surface area contributed by atoms with Gasteiger partial charge >= 0.3 is 0 Å². The molecule has 0 radical (unpaired) electrons. The number of hydrogen-bond acceptors (Lipinski definition) is 2. The molecule has 7 aromatic carbocycles. The Morgan fingerprint density at radius 3 is 1.24 bits per heavy atom. The van der Waals surface area contributed by atoms with Crippen LogP contribution in [0.4, 0.5) is 0 Å². The maximum Gasteiger partial charge on any atom is 0.0437 e. The predicted octanol–water partition coefficient (Wildman–Crippen LogP) is 12.7. The second-order valence-electron chi connectivity index (χ2n) is 11.4. The van der Waals surface area contributed by atoms with Crippen molar-refractivity contribution in [2.75, 3.05) is 0 Å². The molecule has 9 aromatic rings. The Bertz CT molecular complexity index is 2310. The molecule has 2 aromatic heterocycles. The summed E-state index contributed by atoms with van der Waals surface area (Å²) >= 11 is 3.85. The van der Waals surface area contributed by atoms with Gasteiger partial charge in [0.1, 0.15) is 0 Å². The van der Waals surface area contributed by atoms with Crippen molar-refractivity contribution in [3.63, 3.8) is 0 Å². The van der Waals surface area contributed by atoms with Crippen LogP contribution in [0.2, 0.25) is 0 Å². The van der Waals surface area contributed by atoms with Crippen LogP contribution >= 0.6 is 22.7 Å². The molecule has 42 heavy (non-hydrogen) atoms. The lowest BCUT2D eigenvalue weighted by atomic mass is 9.91. The number of rotatable bonds is 2. The zero-order valence-electron chi connectivity index (χ0n) is 23.4. The molecule has 0 atom stereocenters. The van der Waals surface area contributed by atoms with E-state index in [0.717, 1.165) is 0 Å². The van der Waals surface area contributed by atoms with Gasteiger partial charge in [-0.1, -0.05) is 97.1 Å². The largest absolute Gasteiger partial charge is 0.140 e. The van der Waals surface area contributed by atoms with Crippen molar-refractivity contribution < 1.29 is 0 Å². The fourth-order valence-electron chi connectivity index (χ4n) is 6.93. The summed E-state index contributed by atoms with van der Waals surface area (Å²) in [5.41, 5.74) is 5.33. The minimum Gasteiger partial charge on any atom is -0.140 e. The number of fused-ring (bicyclic) bond motifs is 8. The van der Waals surface area contributed by atoms with Gasteiger partial charge in [0.25, 0.3) is 0 Å². The molecule has 0 aliphatic heterocycles. The van der Waals surface area contributed by atoms with Crippen LogP contribution in [0.1, 0.15) is 9.75 Å². The summed E-state index contributed by atoms with van der Waals surface area (Å²) in [6.07, 6.45) is 0. The van der Waals surface area contributed by atoms with Crippen LogP contribution in [-0.4, -0.2) is 0 Å². The first-order chi connectivity index (χ1) is 20.6. The van der Waals surface area contributed by atoms with E-state index in [4.69, 9.17) is 0 Å². The third kappa shape index (κ3) is 3.52. The molecule has 9 rings (SSSR count). The van der Waals surface area contributed by atoms with E-state index in [2.05, 4.69) is 135 Å². The highest BCUT2D eigenvalue weighted by molar-refractivity contribution is 7.22. The van der Waals surface area contributed by atoms with Gasteiger partial charge < -0.3 is 0 Å². The van der Waals surface area contributed by atoms with Crippen molar-refractivity contribution >= 4 is 85.9 Å². The topological polar surface area (TPSA) is 0 Å². The summed E-state index contributed by atoms with van der Waals surface area (Å²) < 4.78 is 2.76. The van der Waals surface area contributed by atoms with Crippen LogP contribution in [-0.2, 0) is 0 Å². The maximum absolute atomic E-state index is 2.41. The maximum atomic E-state index is 2.41. The van der Waals surface area contributed by atoms with E-state index in [-0.39, 0.29) is 0 Å². The molecular formula is C40H26S2. The lowest BCUT2D eigenvalue weighted by Gasteiger charge is -2.14. The van der Waals surface area contributed by atoms with Crippen LogP contribution in [0.3, 0.4) is 0 Å². The monoisotopic (exact) mass is 570 g/mol. The first-order valence-corrected chi connectivity index (χ1v) is 16.1. The molecule has 0 fully saturated rings. The van der Waals surface area contributed by atoms with Crippen molar-refractivity contribution in [1.29, 1.82) is 0 Å². The molecule has 0 nitrogen and oxygen atoms in total. The average molecular weight is 571 g/mol. The van der Waals surface area contributed by atoms with Crippen LogP contribution < -0.4 is 0 Å². The predicted molar refractivity (Wildman–Crippen MR) is 188 cm³/mol. The standard InChI is InChI=1S/C40H26S2/c1-23-19-35-37(29-15-17-33-27(21-29)13-11-25-7-3-5-9-31(25)33)40-36(20-24(2)42-40)38(39(35)41-23)30-16-18-34-28(22-30)14-12-26-8-4-6-10-32(26)34/h3-22H,1-2H3. The van der Waals surface area contributed by atoms with Gasteiger partial charge in [-0.05, 0) is 92.3 Å². The van der Waals surface area contributed by atoms with Crippen LogP contribution in [0.15, 0.2) is 121 Å². The fourth-order valence-corrected chi connectivity index (χ4v) is 9.13. The lowest BCUT2D eigenvalue weighted by Crippen LogP contribution is -1.87. The highest BCUT2D eigenvalue weighted by Gasteiger charge is 2.21. The smallest absolute Gasteiger partial charge is 0.0437 e. The fraction of sp³-hybridized carbons (Fsp3) is 0.0500. The van der Waals surface area contributed by atoms with Crippen molar-refractivity contribution in [2.24, 2.45) is 0 Å². The Morgan fingerprint density at radius 2 is 0.762 bits per heavy atom. The molecule has 0 aliphatic rings. The van der Waals surface area contributed by atoms with E-state index in [1.807, 2.05) is 22.7 Å². The molecule has 0 saturated carbocycles. The van der Waals surface area contributed by atoms with Crippen molar-refractivity contribution in [3.8, 4) is 22.3 Å². The van der Waals surface area contributed by atoms with Crippen molar-refractivity contribution in [1.82, 2.24) is 0 Å². The van der Waals surface area contributed by atoms with E-state index < -0.39 is 0 Å². The third-order valence-corrected chi connectivity index (χ3v) is 10.9. The van der Waals surface area contributed by atoms with Crippen molar-refractivity contribution in [3.05, 3.63) is 131 Å². The molecule has 0 aliphatic carbocycles. The molecule has 0 saturated heterocycles. The van der Waals surface area contributed by atoms with Crippen LogP contribution in [0.5, 0.6) is 0 Å². The Labute approximate surface area is 252 Å². The minimum atomic E-state index is 1.29. The lowest BCUT2D eigenvalue weighted by molar-refractivity contribution is 1.65. The molecule has 2 heteroatoms. The Morgan fingerprint density at radius 1 is 0.357 bits per heavy atom. The molecule has 0 spiro atoms. The van der Waals surface area contributed by atoms with E-state index >= 15 is 0 Å². The van der Waals surface area contributed by atoms with Crippen LogP contribution in [0, 0.1) is 13.8 Å². The van der Waals surface area contributed by atoms with Gasteiger partial charge in [0, 0.05) is 41.1 Å². The van der Waals surface area contributed by atoms with E-state index in [9.17, 15) is 0 Å². The Kier molecular flexibility index (Phi) is 5.17. The van der Waals surface area contributed by atoms with E-state index in [1.165, 1.54) is 95.3 Å². The second kappa shape index (κ2) is 9.00. The quantitative estimate of drug-likeness (QED) is 0.181. The second-order valence-corrected chi connectivity index (χ2v) is 13.9. The van der Waals surface area contributed by atoms with Crippen LogP contribution in [0.25, 0.3) is 85.5 Å². The zero-order valence-corrected chi connectivity index (χ0v) is 25.0. The minimum absolute atomic E-state index is 1.29. The molecule has 0 N–H and O–H groups in total. The summed E-state index contributed by atoms with van der Waals surface area (Å²) in [5, 5.41) is 13.1. The number of hydrogen-bond donors (Lipinski definition) is 0. The van der Waals surface area contributed by atoms with E-state index in [0.29, 0.717) is 0 Å². The molecule has 0 amide bonds.